The summed E-state index contributed by atoms with van der Waals surface area (Å²) in [7, 11) is 1.84. The Morgan fingerprint density at radius 2 is 2.00 bits per heavy atom. The van der Waals surface area contributed by atoms with E-state index in [4.69, 9.17) is 4.42 Å². The Kier molecular flexibility index (Phi) is 4.10. The number of aromatic nitrogens is 2. The van der Waals surface area contributed by atoms with Gasteiger partial charge in [-0.15, -0.1) is 5.10 Å². The molecular weight excluding hydrogens is 216 g/mol. The molecule has 0 aliphatic heterocycles. The van der Waals surface area contributed by atoms with E-state index in [2.05, 4.69) is 33.0 Å². The maximum atomic E-state index is 5.37. The summed E-state index contributed by atoms with van der Waals surface area (Å²) in [6, 6.07) is 10.8. The summed E-state index contributed by atoms with van der Waals surface area (Å²) >= 11 is 0. The Labute approximate surface area is 100 Å². The van der Waals surface area contributed by atoms with Crippen LogP contribution < -0.4 is 10.6 Å². The lowest BCUT2D eigenvalue weighted by atomic mass is 10.1. The number of hydrogen-bond acceptors (Lipinski definition) is 5. The van der Waals surface area contributed by atoms with Crippen LogP contribution in [0.25, 0.3) is 0 Å². The van der Waals surface area contributed by atoms with E-state index in [1.54, 1.807) is 0 Å². The Balaban J connectivity index is 1.78. The van der Waals surface area contributed by atoms with Crippen molar-refractivity contribution in [3.8, 4) is 0 Å². The van der Waals surface area contributed by atoms with E-state index in [1.807, 2.05) is 25.2 Å². The highest BCUT2D eigenvalue weighted by Gasteiger charge is 2.03. The van der Waals surface area contributed by atoms with Crippen LogP contribution in [-0.4, -0.2) is 23.8 Å². The quantitative estimate of drug-likeness (QED) is 0.789. The first-order valence-electron chi connectivity index (χ1n) is 5.63. The van der Waals surface area contributed by atoms with Gasteiger partial charge in [0.2, 0.25) is 5.89 Å². The maximum absolute atomic E-state index is 5.37. The summed E-state index contributed by atoms with van der Waals surface area (Å²) in [5.74, 6) is 0.592. The fourth-order valence-electron chi connectivity index (χ4n) is 1.51. The van der Waals surface area contributed by atoms with Gasteiger partial charge < -0.3 is 15.1 Å². The molecule has 0 amide bonds. The molecule has 17 heavy (non-hydrogen) atoms. The van der Waals surface area contributed by atoms with Crippen LogP contribution in [0.5, 0.6) is 0 Å². The summed E-state index contributed by atoms with van der Waals surface area (Å²) in [5, 5.41) is 13.8. The zero-order valence-corrected chi connectivity index (χ0v) is 9.81. The van der Waals surface area contributed by atoms with Crippen LogP contribution in [0.3, 0.4) is 0 Å². The van der Waals surface area contributed by atoms with Crippen molar-refractivity contribution >= 4 is 6.01 Å². The zero-order chi connectivity index (χ0) is 11.9. The normalized spacial score (nSPS) is 10.4. The lowest BCUT2D eigenvalue weighted by Crippen LogP contribution is -2.05. The molecule has 5 nitrogen and oxygen atoms in total. The second kappa shape index (κ2) is 6.00. The van der Waals surface area contributed by atoms with Crippen molar-refractivity contribution in [3.63, 3.8) is 0 Å². The molecular formula is C12H16N4O. The zero-order valence-electron chi connectivity index (χ0n) is 9.81. The van der Waals surface area contributed by atoms with Gasteiger partial charge in [-0.3, -0.25) is 0 Å². The van der Waals surface area contributed by atoms with E-state index in [1.165, 1.54) is 5.56 Å². The van der Waals surface area contributed by atoms with Gasteiger partial charge in [0.1, 0.15) is 0 Å². The van der Waals surface area contributed by atoms with Crippen LogP contribution in [0.2, 0.25) is 0 Å². The molecule has 0 aliphatic carbocycles. The van der Waals surface area contributed by atoms with Crippen LogP contribution in [0.4, 0.5) is 6.01 Å². The Morgan fingerprint density at radius 3 is 2.76 bits per heavy atom. The third kappa shape index (κ3) is 3.57. The van der Waals surface area contributed by atoms with Gasteiger partial charge in [-0.25, -0.2) is 0 Å². The first-order chi connectivity index (χ1) is 8.38. The molecule has 0 saturated carbocycles. The molecule has 2 aromatic rings. The van der Waals surface area contributed by atoms with E-state index < -0.39 is 0 Å². The summed E-state index contributed by atoms with van der Waals surface area (Å²) in [6.45, 7) is 1.37. The average molecular weight is 232 g/mol. The fraction of sp³-hybridized carbons (Fsp3) is 0.333. The third-order valence-electron chi connectivity index (χ3n) is 2.33. The molecule has 0 spiro atoms. The van der Waals surface area contributed by atoms with Crippen LogP contribution >= 0.6 is 0 Å². The molecule has 1 aromatic heterocycles. The summed E-state index contributed by atoms with van der Waals surface area (Å²) in [5.41, 5.74) is 1.29. The highest BCUT2D eigenvalue weighted by molar-refractivity contribution is 5.20. The molecule has 1 aromatic carbocycles. The van der Waals surface area contributed by atoms with Crippen LogP contribution in [-0.2, 0) is 13.0 Å². The van der Waals surface area contributed by atoms with Gasteiger partial charge in [0.25, 0.3) is 0 Å². The van der Waals surface area contributed by atoms with Crippen molar-refractivity contribution in [1.29, 1.82) is 0 Å². The number of anilines is 1. The predicted molar refractivity (Wildman–Crippen MR) is 65.7 cm³/mol. The van der Waals surface area contributed by atoms with Gasteiger partial charge in [-0.05, 0) is 19.0 Å². The van der Waals surface area contributed by atoms with E-state index in [9.17, 15) is 0 Å². The Hall–Kier alpha value is -1.88. The second-order valence-corrected chi connectivity index (χ2v) is 3.69. The summed E-state index contributed by atoms with van der Waals surface area (Å²) < 4.78 is 5.37. The maximum Gasteiger partial charge on any atom is 0.315 e. The van der Waals surface area contributed by atoms with Crippen molar-refractivity contribution in [2.75, 3.05) is 18.9 Å². The van der Waals surface area contributed by atoms with Crippen molar-refractivity contribution in [2.45, 2.75) is 13.0 Å². The monoisotopic (exact) mass is 232 g/mol. The lowest BCUT2D eigenvalue weighted by molar-refractivity contribution is 0.489. The predicted octanol–water partition coefficient (Wildman–Crippen LogP) is 1.44. The van der Waals surface area contributed by atoms with Crippen LogP contribution in [0, 0.1) is 0 Å². The molecule has 90 valence electrons. The third-order valence-corrected chi connectivity index (χ3v) is 2.33. The van der Waals surface area contributed by atoms with E-state index in [0.717, 1.165) is 13.0 Å². The Morgan fingerprint density at radius 1 is 1.18 bits per heavy atom. The Bertz CT molecular complexity index is 441. The topological polar surface area (TPSA) is 63.0 Å². The number of benzene rings is 1. The highest BCUT2D eigenvalue weighted by Crippen LogP contribution is 2.05. The van der Waals surface area contributed by atoms with E-state index >= 15 is 0 Å². The number of nitrogens with zero attached hydrogens (tertiary/aromatic N) is 2. The summed E-state index contributed by atoms with van der Waals surface area (Å²) in [4.78, 5) is 0. The van der Waals surface area contributed by atoms with Crippen molar-refractivity contribution in [3.05, 3.63) is 41.8 Å². The largest absolute Gasteiger partial charge is 0.407 e. The molecule has 0 unspecified atom stereocenters. The second-order valence-electron chi connectivity index (χ2n) is 3.69. The number of hydrogen-bond donors (Lipinski definition) is 2. The fourth-order valence-corrected chi connectivity index (χ4v) is 1.51. The molecule has 0 atom stereocenters. The molecule has 0 fully saturated rings. The van der Waals surface area contributed by atoms with Gasteiger partial charge >= 0.3 is 6.01 Å². The lowest BCUT2D eigenvalue weighted by Gasteiger charge is -2.01. The molecule has 0 saturated heterocycles. The van der Waals surface area contributed by atoms with Crippen molar-refractivity contribution in [1.82, 2.24) is 15.5 Å². The van der Waals surface area contributed by atoms with Crippen molar-refractivity contribution in [2.24, 2.45) is 0 Å². The van der Waals surface area contributed by atoms with Crippen LogP contribution in [0.15, 0.2) is 34.7 Å². The molecule has 0 radical (unpaired) electrons. The van der Waals surface area contributed by atoms with Gasteiger partial charge in [-0.2, -0.15) is 0 Å². The molecule has 2 rings (SSSR count). The highest BCUT2D eigenvalue weighted by atomic mass is 16.4. The molecule has 5 heteroatoms. The van der Waals surface area contributed by atoms with E-state index in [0.29, 0.717) is 18.5 Å². The molecule has 0 aliphatic rings. The van der Waals surface area contributed by atoms with Gasteiger partial charge in [0, 0.05) is 6.54 Å². The van der Waals surface area contributed by atoms with Gasteiger partial charge in [0.15, 0.2) is 0 Å². The van der Waals surface area contributed by atoms with Gasteiger partial charge in [-0.1, -0.05) is 35.4 Å². The SMILES string of the molecule is CNCc1nnc(NCCc2ccccc2)o1. The average Bonchev–Trinajstić information content (AvgIpc) is 2.79. The molecule has 2 N–H and O–H groups in total. The van der Waals surface area contributed by atoms with Crippen molar-refractivity contribution < 1.29 is 4.42 Å². The first kappa shape index (κ1) is 11.6. The smallest absolute Gasteiger partial charge is 0.315 e. The minimum absolute atomic E-state index is 0.478. The first-order valence-corrected chi connectivity index (χ1v) is 5.63. The van der Waals surface area contributed by atoms with E-state index in [-0.39, 0.29) is 0 Å². The minimum atomic E-state index is 0.478. The minimum Gasteiger partial charge on any atom is -0.407 e. The van der Waals surface area contributed by atoms with Crippen LogP contribution in [0.1, 0.15) is 11.5 Å². The summed E-state index contributed by atoms with van der Waals surface area (Å²) in [6.07, 6.45) is 0.935. The number of nitrogens with one attached hydrogen (secondary N) is 2. The number of rotatable bonds is 6. The van der Waals surface area contributed by atoms with Gasteiger partial charge in [0.05, 0.1) is 6.54 Å². The standard InChI is InChI=1S/C12H16N4O/c1-13-9-11-15-16-12(17-11)14-8-7-10-5-3-2-4-6-10/h2-6,13H,7-9H2,1H3,(H,14,16). The molecule has 0 bridgehead atoms. The molecule has 1 heterocycles.